The van der Waals surface area contributed by atoms with Crippen molar-refractivity contribution in [3.63, 3.8) is 0 Å². The smallest absolute Gasteiger partial charge is 0.0667 e. The van der Waals surface area contributed by atoms with E-state index in [1.165, 1.54) is 5.56 Å². The third-order valence-electron chi connectivity index (χ3n) is 2.33. The molecule has 0 amide bonds. The molecule has 1 unspecified atom stereocenters. The first-order chi connectivity index (χ1) is 7.22. The van der Waals surface area contributed by atoms with E-state index in [2.05, 4.69) is 17.3 Å². The molecule has 1 aromatic rings. The lowest BCUT2D eigenvalue weighted by Crippen LogP contribution is -2.27. The van der Waals surface area contributed by atoms with Gasteiger partial charge in [-0.05, 0) is 31.4 Å². The van der Waals surface area contributed by atoms with Gasteiger partial charge in [-0.15, -0.1) is 0 Å². The Balaban J connectivity index is 2.13. The van der Waals surface area contributed by atoms with Crippen molar-refractivity contribution in [2.24, 2.45) is 7.05 Å². The minimum Gasteiger partial charge on any atom is -0.392 e. The molecule has 0 radical (unpaired) electrons. The molecule has 0 aliphatic heterocycles. The maximum absolute atomic E-state index is 9.65. The molecule has 1 rings (SSSR count). The topological polar surface area (TPSA) is 50.1 Å². The lowest BCUT2D eigenvalue weighted by Gasteiger charge is -2.10. The molecule has 86 valence electrons. The van der Waals surface area contributed by atoms with Crippen LogP contribution in [0.5, 0.6) is 0 Å². The molecular formula is C11H21N3O. The molecule has 1 aromatic heterocycles. The first-order valence-electron chi connectivity index (χ1n) is 5.58. The van der Waals surface area contributed by atoms with Crippen molar-refractivity contribution in [2.45, 2.75) is 32.3 Å². The lowest BCUT2D eigenvalue weighted by atomic mass is 10.1. The summed E-state index contributed by atoms with van der Waals surface area (Å²) in [5.41, 5.74) is 1.19. The molecule has 0 saturated carbocycles. The number of aliphatic hydroxyl groups excluding tert-OH is 1. The van der Waals surface area contributed by atoms with Gasteiger partial charge in [0, 0.05) is 19.8 Å². The van der Waals surface area contributed by atoms with Crippen molar-refractivity contribution in [3.8, 4) is 0 Å². The second-order valence-electron chi connectivity index (χ2n) is 3.92. The van der Waals surface area contributed by atoms with Crippen LogP contribution in [0.1, 0.15) is 25.3 Å². The molecule has 4 heteroatoms. The van der Waals surface area contributed by atoms with E-state index in [4.69, 9.17) is 0 Å². The molecule has 0 spiro atoms. The molecular weight excluding hydrogens is 190 g/mol. The number of aromatic nitrogens is 2. The van der Waals surface area contributed by atoms with Gasteiger partial charge in [-0.2, -0.15) is 5.10 Å². The fraction of sp³-hybridized carbons (Fsp3) is 0.727. The molecule has 4 nitrogen and oxygen atoms in total. The van der Waals surface area contributed by atoms with Crippen LogP contribution in [0.15, 0.2) is 12.4 Å². The fourth-order valence-corrected chi connectivity index (χ4v) is 1.48. The molecule has 0 aliphatic carbocycles. The first-order valence-corrected chi connectivity index (χ1v) is 5.58. The number of rotatable bonds is 7. The van der Waals surface area contributed by atoms with E-state index >= 15 is 0 Å². The van der Waals surface area contributed by atoms with Gasteiger partial charge in [0.2, 0.25) is 0 Å². The molecule has 1 heterocycles. The summed E-state index contributed by atoms with van der Waals surface area (Å²) < 4.78 is 1.79. The van der Waals surface area contributed by atoms with Crippen LogP contribution >= 0.6 is 0 Å². The summed E-state index contributed by atoms with van der Waals surface area (Å²) in [5.74, 6) is 0. The highest BCUT2D eigenvalue weighted by Crippen LogP contribution is 2.03. The van der Waals surface area contributed by atoms with Gasteiger partial charge < -0.3 is 10.4 Å². The second kappa shape index (κ2) is 6.58. The molecule has 15 heavy (non-hydrogen) atoms. The number of aliphatic hydroxyl groups is 1. The van der Waals surface area contributed by atoms with Crippen LogP contribution in [0.25, 0.3) is 0 Å². The number of hydrogen-bond acceptors (Lipinski definition) is 3. The van der Waals surface area contributed by atoms with Gasteiger partial charge in [0.25, 0.3) is 0 Å². The van der Waals surface area contributed by atoms with Crippen LogP contribution in [0.2, 0.25) is 0 Å². The number of nitrogens with zero attached hydrogens (tertiary/aromatic N) is 2. The maximum Gasteiger partial charge on any atom is 0.0667 e. The molecule has 0 aliphatic rings. The van der Waals surface area contributed by atoms with Gasteiger partial charge in [-0.25, -0.2) is 0 Å². The Morgan fingerprint density at radius 2 is 2.40 bits per heavy atom. The zero-order valence-electron chi connectivity index (χ0n) is 9.61. The maximum atomic E-state index is 9.65. The summed E-state index contributed by atoms with van der Waals surface area (Å²) in [5, 5.41) is 16.9. The van der Waals surface area contributed by atoms with E-state index in [0.717, 1.165) is 25.8 Å². The molecule has 0 fully saturated rings. The number of hydrogen-bond donors (Lipinski definition) is 2. The molecule has 1 atom stereocenters. The van der Waals surface area contributed by atoms with Crippen molar-refractivity contribution in [1.82, 2.24) is 15.1 Å². The summed E-state index contributed by atoms with van der Waals surface area (Å²) in [4.78, 5) is 0. The molecule has 0 bridgehead atoms. The van der Waals surface area contributed by atoms with E-state index in [9.17, 15) is 5.11 Å². The predicted molar refractivity (Wildman–Crippen MR) is 60.7 cm³/mol. The third kappa shape index (κ3) is 4.95. The van der Waals surface area contributed by atoms with Gasteiger partial charge in [0.05, 0.1) is 12.3 Å². The van der Waals surface area contributed by atoms with Crippen LogP contribution < -0.4 is 5.32 Å². The Labute approximate surface area is 91.3 Å². The van der Waals surface area contributed by atoms with Crippen LogP contribution in [0.4, 0.5) is 0 Å². The molecule has 0 aromatic carbocycles. The van der Waals surface area contributed by atoms with Gasteiger partial charge >= 0.3 is 0 Å². The fourth-order valence-electron chi connectivity index (χ4n) is 1.48. The molecule has 2 N–H and O–H groups in total. The summed E-state index contributed by atoms with van der Waals surface area (Å²) in [6.45, 7) is 3.78. The van der Waals surface area contributed by atoms with Crippen LogP contribution in [-0.2, 0) is 13.5 Å². The Morgan fingerprint density at radius 1 is 1.60 bits per heavy atom. The Bertz CT molecular complexity index is 273. The summed E-state index contributed by atoms with van der Waals surface area (Å²) in [6, 6.07) is 0. The van der Waals surface area contributed by atoms with E-state index in [1.54, 1.807) is 4.68 Å². The average molecular weight is 211 g/mol. The van der Waals surface area contributed by atoms with Gasteiger partial charge in [-0.3, -0.25) is 4.68 Å². The highest BCUT2D eigenvalue weighted by molar-refractivity contribution is 5.03. The Kier molecular flexibility index (Phi) is 5.36. The van der Waals surface area contributed by atoms with Crippen molar-refractivity contribution >= 4 is 0 Å². The van der Waals surface area contributed by atoms with Crippen molar-refractivity contribution in [1.29, 1.82) is 0 Å². The summed E-state index contributed by atoms with van der Waals surface area (Å²) >= 11 is 0. The first kappa shape index (κ1) is 12.2. The summed E-state index contributed by atoms with van der Waals surface area (Å²) in [7, 11) is 1.91. The van der Waals surface area contributed by atoms with Gasteiger partial charge in [-0.1, -0.05) is 6.92 Å². The minimum absolute atomic E-state index is 0.253. The van der Waals surface area contributed by atoms with E-state index < -0.39 is 0 Å². The largest absolute Gasteiger partial charge is 0.392 e. The SMILES string of the molecule is CCCNCC(O)CCc1cnn(C)c1. The third-order valence-corrected chi connectivity index (χ3v) is 2.33. The van der Waals surface area contributed by atoms with Gasteiger partial charge in [0.15, 0.2) is 0 Å². The zero-order chi connectivity index (χ0) is 11.1. The van der Waals surface area contributed by atoms with Crippen LogP contribution in [-0.4, -0.2) is 34.1 Å². The zero-order valence-corrected chi connectivity index (χ0v) is 9.61. The molecule has 0 saturated heterocycles. The normalized spacial score (nSPS) is 13.0. The van der Waals surface area contributed by atoms with Crippen LogP contribution in [0, 0.1) is 0 Å². The van der Waals surface area contributed by atoms with E-state index in [-0.39, 0.29) is 6.10 Å². The summed E-state index contributed by atoms with van der Waals surface area (Å²) in [6.07, 6.45) is 6.38. The quantitative estimate of drug-likeness (QED) is 0.653. The standard InChI is InChI=1S/C11H21N3O/c1-3-6-12-8-11(15)5-4-10-7-13-14(2)9-10/h7,9,11-12,15H,3-6,8H2,1-2H3. The van der Waals surface area contributed by atoms with Crippen molar-refractivity contribution in [2.75, 3.05) is 13.1 Å². The second-order valence-corrected chi connectivity index (χ2v) is 3.92. The van der Waals surface area contributed by atoms with E-state index in [0.29, 0.717) is 6.54 Å². The average Bonchev–Trinajstić information content (AvgIpc) is 2.62. The Hall–Kier alpha value is -0.870. The lowest BCUT2D eigenvalue weighted by molar-refractivity contribution is 0.162. The number of aryl methyl sites for hydroxylation is 2. The predicted octanol–water partition coefficient (Wildman–Crippen LogP) is 0.713. The minimum atomic E-state index is -0.253. The highest BCUT2D eigenvalue weighted by Gasteiger charge is 2.04. The van der Waals surface area contributed by atoms with Crippen molar-refractivity contribution in [3.05, 3.63) is 18.0 Å². The highest BCUT2D eigenvalue weighted by atomic mass is 16.3. The monoisotopic (exact) mass is 211 g/mol. The van der Waals surface area contributed by atoms with Crippen molar-refractivity contribution < 1.29 is 5.11 Å². The van der Waals surface area contributed by atoms with Gasteiger partial charge in [0.1, 0.15) is 0 Å². The Morgan fingerprint density at radius 3 is 3.00 bits per heavy atom. The van der Waals surface area contributed by atoms with E-state index in [1.807, 2.05) is 19.4 Å². The van der Waals surface area contributed by atoms with Crippen LogP contribution in [0.3, 0.4) is 0 Å². The number of nitrogens with one attached hydrogen (secondary N) is 1.